The first-order chi connectivity index (χ1) is 6.60. The molecule has 14 heavy (non-hydrogen) atoms. The maximum Gasteiger partial charge on any atom is 0.162 e. The van der Waals surface area contributed by atoms with Crippen LogP contribution in [0.1, 0.15) is 11.6 Å². The standard InChI is InChI=1S/C9H12F2N2O/c1-14-9-3-7(11)6(10)2-5(9)8(13)4-12/h2-3,8H,4,12-13H2,1H3. The summed E-state index contributed by atoms with van der Waals surface area (Å²) in [5, 5.41) is 0. The highest BCUT2D eigenvalue weighted by atomic mass is 19.2. The second-order valence-electron chi connectivity index (χ2n) is 2.85. The van der Waals surface area contributed by atoms with Crippen molar-refractivity contribution >= 4 is 0 Å². The Balaban J connectivity index is 3.19. The van der Waals surface area contributed by atoms with Gasteiger partial charge in [-0.1, -0.05) is 0 Å². The Morgan fingerprint density at radius 3 is 2.43 bits per heavy atom. The number of nitrogens with two attached hydrogens (primary N) is 2. The molecule has 0 spiro atoms. The van der Waals surface area contributed by atoms with Crippen molar-refractivity contribution in [2.24, 2.45) is 11.5 Å². The molecule has 0 aliphatic heterocycles. The summed E-state index contributed by atoms with van der Waals surface area (Å²) >= 11 is 0. The number of hydrogen-bond acceptors (Lipinski definition) is 3. The van der Waals surface area contributed by atoms with E-state index in [4.69, 9.17) is 16.2 Å². The Morgan fingerprint density at radius 1 is 1.36 bits per heavy atom. The van der Waals surface area contributed by atoms with Crippen LogP contribution < -0.4 is 16.2 Å². The van der Waals surface area contributed by atoms with Gasteiger partial charge < -0.3 is 16.2 Å². The third-order valence-corrected chi connectivity index (χ3v) is 1.93. The summed E-state index contributed by atoms with van der Waals surface area (Å²) in [6.45, 7) is 0.140. The molecule has 0 saturated carbocycles. The van der Waals surface area contributed by atoms with E-state index in [-0.39, 0.29) is 12.3 Å². The molecule has 1 aromatic carbocycles. The number of hydrogen-bond donors (Lipinski definition) is 2. The Labute approximate surface area is 80.7 Å². The van der Waals surface area contributed by atoms with Crippen LogP contribution in [0.2, 0.25) is 0 Å². The fraction of sp³-hybridized carbons (Fsp3) is 0.333. The molecule has 0 heterocycles. The topological polar surface area (TPSA) is 61.3 Å². The molecule has 3 nitrogen and oxygen atoms in total. The average Bonchev–Trinajstić information content (AvgIpc) is 2.20. The first kappa shape index (κ1) is 10.9. The fourth-order valence-corrected chi connectivity index (χ4v) is 1.14. The van der Waals surface area contributed by atoms with E-state index in [1.165, 1.54) is 7.11 Å². The third-order valence-electron chi connectivity index (χ3n) is 1.93. The van der Waals surface area contributed by atoms with Gasteiger partial charge in [-0.3, -0.25) is 0 Å². The summed E-state index contributed by atoms with van der Waals surface area (Å²) in [6, 6.07) is 1.41. The summed E-state index contributed by atoms with van der Waals surface area (Å²) in [6.07, 6.45) is 0. The quantitative estimate of drug-likeness (QED) is 0.766. The summed E-state index contributed by atoms with van der Waals surface area (Å²) < 4.78 is 30.5. The lowest BCUT2D eigenvalue weighted by atomic mass is 10.1. The molecule has 4 N–H and O–H groups in total. The lowest BCUT2D eigenvalue weighted by Gasteiger charge is -2.14. The zero-order valence-corrected chi connectivity index (χ0v) is 7.76. The number of benzene rings is 1. The van der Waals surface area contributed by atoms with Gasteiger partial charge in [0.15, 0.2) is 11.6 Å². The smallest absolute Gasteiger partial charge is 0.162 e. The van der Waals surface area contributed by atoms with Gasteiger partial charge in [0.1, 0.15) is 5.75 Å². The van der Waals surface area contributed by atoms with Crippen LogP contribution in [0.3, 0.4) is 0 Å². The first-order valence-electron chi connectivity index (χ1n) is 4.08. The maximum absolute atomic E-state index is 12.9. The van der Waals surface area contributed by atoms with Gasteiger partial charge in [0.2, 0.25) is 0 Å². The molecule has 0 aliphatic carbocycles. The van der Waals surface area contributed by atoms with Crippen molar-refractivity contribution in [1.29, 1.82) is 0 Å². The van der Waals surface area contributed by atoms with Crippen LogP contribution >= 0.6 is 0 Å². The van der Waals surface area contributed by atoms with Crippen LogP contribution in [0.5, 0.6) is 5.75 Å². The molecule has 5 heteroatoms. The summed E-state index contributed by atoms with van der Waals surface area (Å²) in [5.74, 6) is -1.71. The van der Waals surface area contributed by atoms with Gasteiger partial charge in [0, 0.05) is 24.2 Å². The second-order valence-corrected chi connectivity index (χ2v) is 2.85. The van der Waals surface area contributed by atoms with E-state index in [1.54, 1.807) is 0 Å². The van der Waals surface area contributed by atoms with Crippen molar-refractivity contribution in [3.63, 3.8) is 0 Å². The van der Waals surface area contributed by atoms with E-state index in [2.05, 4.69) is 0 Å². The zero-order valence-electron chi connectivity index (χ0n) is 7.76. The van der Waals surface area contributed by atoms with Crippen LogP contribution in [0.25, 0.3) is 0 Å². The SMILES string of the molecule is COc1cc(F)c(F)cc1C(N)CN. The van der Waals surface area contributed by atoms with Crippen LogP contribution in [0, 0.1) is 11.6 Å². The molecule has 0 radical (unpaired) electrons. The van der Waals surface area contributed by atoms with E-state index in [1.807, 2.05) is 0 Å². The number of methoxy groups -OCH3 is 1. The predicted molar refractivity (Wildman–Crippen MR) is 48.9 cm³/mol. The molecular weight excluding hydrogens is 190 g/mol. The summed E-state index contributed by atoms with van der Waals surface area (Å²) in [7, 11) is 1.36. The highest BCUT2D eigenvalue weighted by Crippen LogP contribution is 2.26. The summed E-state index contributed by atoms with van der Waals surface area (Å²) in [4.78, 5) is 0. The molecule has 0 aliphatic rings. The van der Waals surface area contributed by atoms with Gasteiger partial charge in [-0.2, -0.15) is 0 Å². The Kier molecular flexibility index (Phi) is 3.38. The zero-order chi connectivity index (χ0) is 10.7. The van der Waals surface area contributed by atoms with Crippen molar-refractivity contribution in [2.75, 3.05) is 13.7 Å². The van der Waals surface area contributed by atoms with Gasteiger partial charge in [0.25, 0.3) is 0 Å². The number of halogens is 2. The number of rotatable bonds is 3. The lowest BCUT2D eigenvalue weighted by Crippen LogP contribution is -2.21. The van der Waals surface area contributed by atoms with Crippen LogP contribution in [-0.2, 0) is 0 Å². The average molecular weight is 202 g/mol. The molecule has 0 aromatic heterocycles. The van der Waals surface area contributed by atoms with Crippen molar-refractivity contribution < 1.29 is 13.5 Å². The second kappa shape index (κ2) is 4.34. The largest absolute Gasteiger partial charge is 0.496 e. The number of ether oxygens (including phenoxy) is 1. The van der Waals surface area contributed by atoms with E-state index >= 15 is 0 Å². The molecule has 78 valence electrons. The fourth-order valence-electron chi connectivity index (χ4n) is 1.14. The molecule has 0 amide bonds. The van der Waals surface area contributed by atoms with Crippen molar-refractivity contribution in [2.45, 2.75) is 6.04 Å². The highest BCUT2D eigenvalue weighted by Gasteiger charge is 2.14. The van der Waals surface area contributed by atoms with Gasteiger partial charge in [-0.05, 0) is 6.07 Å². The van der Waals surface area contributed by atoms with Gasteiger partial charge in [-0.15, -0.1) is 0 Å². The summed E-state index contributed by atoms with van der Waals surface area (Å²) in [5.41, 5.74) is 11.3. The van der Waals surface area contributed by atoms with Crippen molar-refractivity contribution in [3.8, 4) is 5.75 Å². The lowest BCUT2D eigenvalue weighted by molar-refractivity contribution is 0.396. The normalized spacial score (nSPS) is 12.6. The minimum atomic E-state index is -0.963. The third kappa shape index (κ3) is 2.00. The highest BCUT2D eigenvalue weighted by molar-refractivity contribution is 5.37. The minimum absolute atomic E-state index is 0.140. The van der Waals surface area contributed by atoms with Crippen LogP contribution in [-0.4, -0.2) is 13.7 Å². The molecule has 0 fully saturated rings. The molecular formula is C9H12F2N2O. The van der Waals surface area contributed by atoms with Gasteiger partial charge >= 0.3 is 0 Å². The van der Waals surface area contributed by atoms with E-state index < -0.39 is 17.7 Å². The van der Waals surface area contributed by atoms with E-state index in [0.717, 1.165) is 12.1 Å². The molecule has 0 saturated heterocycles. The van der Waals surface area contributed by atoms with Crippen molar-refractivity contribution in [3.05, 3.63) is 29.3 Å². The molecule has 1 unspecified atom stereocenters. The molecule has 1 rings (SSSR count). The Bertz CT molecular complexity index is 331. The Morgan fingerprint density at radius 2 is 1.93 bits per heavy atom. The van der Waals surface area contributed by atoms with Crippen LogP contribution in [0.4, 0.5) is 8.78 Å². The monoisotopic (exact) mass is 202 g/mol. The first-order valence-corrected chi connectivity index (χ1v) is 4.08. The predicted octanol–water partition coefficient (Wildman–Crippen LogP) is 0.932. The van der Waals surface area contributed by atoms with Crippen LogP contribution in [0.15, 0.2) is 12.1 Å². The molecule has 0 bridgehead atoms. The van der Waals surface area contributed by atoms with E-state index in [9.17, 15) is 8.78 Å². The Hall–Kier alpha value is -1.20. The molecule has 1 atom stereocenters. The van der Waals surface area contributed by atoms with Crippen molar-refractivity contribution in [1.82, 2.24) is 0 Å². The maximum atomic E-state index is 12.9. The van der Waals surface area contributed by atoms with Gasteiger partial charge in [0.05, 0.1) is 7.11 Å². The minimum Gasteiger partial charge on any atom is -0.496 e. The van der Waals surface area contributed by atoms with Gasteiger partial charge in [-0.25, -0.2) is 8.78 Å². The van der Waals surface area contributed by atoms with E-state index in [0.29, 0.717) is 5.56 Å². The molecule has 1 aromatic rings.